The predicted molar refractivity (Wildman–Crippen MR) is 142 cm³/mol. The number of nitrogens with zero attached hydrogens (tertiary/aromatic N) is 5. The van der Waals surface area contributed by atoms with Gasteiger partial charge in [-0.3, -0.25) is 9.69 Å². The summed E-state index contributed by atoms with van der Waals surface area (Å²) >= 11 is 0. The number of rotatable bonds is 6. The van der Waals surface area contributed by atoms with Crippen molar-refractivity contribution in [2.75, 3.05) is 13.7 Å². The van der Waals surface area contributed by atoms with Crippen LogP contribution in [0.3, 0.4) is 0 Å². The molecule has 0 aliphatic carbocycles. The van der Waals surface area contributed by atoms with Gasteiger partial charge in [0.25, 0.3) is 5.56 Å². The molecule has 0 amide bonds. The van der Waals surface area contributed by atoms with E-state index >= 15 is 0 Å². The molecule has 8 nitrogen and oxygen atoms in total. The van der Waals surface area contributed by atoms with Crippen LogP contribution in [0.5, 0.6) is 5.75 Å². The lowest BCUT2D eigenvalue weighted by molar-refractivity contribution is 0.194. The molecule has 2 aromatic heterocycles. The number of aromatic amines is 1. The first-order valence-electron chi connectivity index (χ1n) is 12.4. The quantitative estimate of drug-likeness (QED) is 0.385. The molecule has 5 aromatic rings. The van der Waals surface area contributed by atoms with Crippen molar-refractivity contribution in [2.45, 2.75) is 32.5 Å². The molecule has 1 aliphatic rings. The van der Waals surface area contributed by atoms with Crippen molar-refractivity contribution in [3.8, 4) is 5.75 Å². The first-order valence-corrected chi connectivity index (χ1v) is 12.4. The predicted octanol–water partition coefficient (Wildman–Crippen LogP) is 4.03. The lowest BCUT2D eigenvalue weighted by atomic mass is 9.95. The second-order valence-electron chi connectivity index (χ2n) is 9.58. The zero-order valence-corrected chi connectivity index (χ0v) is 20.9. The second-order valence-corrected chi connectivity index (χ2v) is 9.58. The Morgan fingerprint density at radius 3 is 2.65 bits per heavy atom. The maximum Gasteiger partial charge on any atom is 0.253 e. The highest BCUT2D eigenvalue weighted by Gasteiger charge is 2.32. The summed E-state index contributed by atoms with van der Waals surface area (Å²) in [6.45, 7) is 4.01. The van der Waals surface area contributed by atoms with Crippen LogP contribution in [-0.2, 0) is 19.5 Å². The van der Waals surface area contributed by atoms with E-state index in [2.05, 4.69) is 55.7 Å². The van der Waals surface area contributed by atoms with E-state index in [0.29, 0.717) is 24.5 Å². The molecule has 0 unspecified atom stereocenters. The van der Waals surface area contributed by atoms with E-state index in [0.717, 1.165) is 40.7 Å². The standard InChI is InChI=1S/C29H28N6O2/c1-19-7-10-22-16-25(29(36)30-26(22)15-19)27(34-14-13-21-5-3-4-6-23(21)18-34)28-31-32-33-35(28)17-20-8-11-24(37-2)12-9-20/h3-12,15-16,27H,13-14,17-18H2,1-2H3,(H,30,36)/t27-/m0/s1. The minimum atomic E-state index is -0.406. The number of tetrazole rings is 1. The van der Waals surface area contributed by atoms with Gasteiger partial charge in [-0.2, -0.15) is 0 Å². The molecule has 0 radical (unpaired) electrons. The van der Waals surface area contributed by atoms with E-state index < -0.39 is 6.04 Å². The minimum Gasteiger partial charge on any atom is -0.497 e. The van der Waals surface area contributed by atoms with Crippen LogP contribution in [0.1, 0.15) is 39.7 Å². The average molecular weight is 493 g/mol. The zero-order valence-electron chi connectivity index (χ0n) is 20.9. The van der Waals surface area contributed by atoms with Crippen molar-refractivity contribution >= 4 is 10.9 Å². The van der Waals surface area contributed by atoms with Crippen molar-refractivity contribution in [1.29, 1.82) is 0 Å². The number of nitrogens with one attached hydrogen (secondary N) is 1. The Morgan fingerprint density at radius 2 is 1.84 bits per heavy atom. The summed E-state index contributed by atoms with van der Waals surface area (Å²) in [5.41, 5.74) is 6.10. The number of hydrogen-bond donors (Lipinski definition) is 1. The molecule has 3 heterocycles. The topological polar surface area (TPSA) is 88.9 Å². The Kier molecular flexibility index (Phi) is 6.02. The van der Waals surface area contributed by atoms with Crippen molar-refractivity contribution in [3.05, 3.63) is 117 Å². The third kappa shape index (κ3) is 4.51. The molecule has 8 heteroatoms. The average Bonchev–Trinajstić information content (AvgIpc) is 3.37. The zero-order chi connectivity index (χ0) is 25.4. The van der Waals surface area contributed by atoms with E-state index in [1.807, 2.05) is 49.4 Å². The van der Waals surface area contributed by atoms with Crippen molar-refractivity contribution < 1.29 is 4.74 Å². The number of H-pyrrole nitrogens is 1. The van der Waals surface area contributed by atoms with Crippen LogP contribution in [-0.4, -0.2) is 43.7 Å². The number of hydrogen-bond acceptors (Lipinski definition) is 6. The highest BCUT2D eigenvalue weighted by atomic mass is 16.5. The van der Waals surface area contributed by atoms with E-state index in [9.17, 15) is 4.79 Å². The lowest BCUT2D eigenvalue weighted by Gasteiger charge is -2.34. The van der Waals surface area contributed by atoms with Gasteiger partial charge in [0, 0.05) is 24.2 Å². The van der Waals surface area contributed by atoms with Gasteiger partial charge >= 0.3 is 0 Å². The Bertz CT molecular complexity index is 1620. The fourth-order valence-corrected chi connectivity index (χ4v) is 5.20. The molecule has 3 aromatic carbocycles. The third-order valence-corrected chi connectivity index (χ3v) is 7.15. The summed E-state index contributed by atoms with van der Waals surface area (Å²) in [7, 11) is 1.65. The molecule has 0 saturated carbocycles. The van der Waals surface area contributed by atoms with Crippen molar-refractivity contribution in [2.24, 2.45) is 0 Å². The minimum absolute atomic E-state index is 0.124. The van der Waals surface area contributed by atoms with Gasteiger partial charge < -0.3 is 9.72 Å². The fraction of sp³-hybridized carbons (Fsp3) is 0.241. The summed E-state index contributed by atoms with van der Waals surface area (Å²) in [5, 5.41) is 13.8. The van der Waals surface area contributed by atoms with E-state index in [4.69, 9.17) is 4.74 Å². The normalized spacial score (nSPS) is 14.4. The summed E-state index contributed by atoms with van der Waals surface area (Å²) in [6, 6.07) is 24.0. The molecule has 37 heavy (non-hydrogen) atoms. The Balaban J connectivity index is 1.45. The number of methoxy groups -OCH3 is 1. The second kappa shape index (κ2) is 9.63. The molecular weight excluding hydrogens is 464 g/mol. The van der Waals surface area contributed by atoms with Crippen LogP contribution in [0.15, 0.2) is 77.6 Å². The maximum atomic E-state index is 13.5. The van der Waals surface area contributed by atoms with Gasteiger partial charge in [0.05, 0.1) is 13.7 Å². The number of aryl methyl sites for hydroxylation is 1. The van der Waals surface area contributed by atoms with E-state index in [1.165, 1.54) is 11.1 Å². The van der Waals surface area contributed by atoms with E-state index in [-0.39, 0.29) is 5.56 Å². The molecule has 0 spiro atoms. The summed E-state index contributed by atoms with van der Waals surface area (Å²) < 4.78 is 7.09. The first kappa shape index (κ1) is 23.1. The number of ether oxygens (including phenoxy) is 1. The third-order valence-electron chi connectivity index (χ3n) is 7.15. The summed E-state index contributed by atoms with van der Waals surface area (Å²) in [5.74, 6) is 1.44. The Hall–Kier alpha value is -4.30. The first-order chi connectivity index (χ1) is 18.1. The maximum absolute atomic E-state index is 13.5. The number of benzene rings is 3. The van der Waals surface area contributed by atoms with Gasteiger partial charge in [0.2, 0.25) is 0 Å². The van der Waals surface area contributed by atoms with Gasteiger partial charge in [-0.15, -0.1) is 5.10 Å². The smallest absolute Gasteiger partial charge is 0.253 e. The van der Waals surface area contributed by atoms with Crippen LogP contribution in [0.25, 0.3) is 10.9 Å². The van der Waals surface area contributed by atoms with Crippen LogP contribution < -0.4 is 10.3 Å². The van der Waals surface area contributed by atoms with Crippen LogP contribution >= 0.6 is 0 Å². The summed E-state index contributed by atoms with van der Waals surface area (Å²) in [4.78, 5) is 19.0. The number of aromatic nitrogens is 5. The van der Waals surface area contributed by atoms with Gasteiger partial charge in [0.1, 0.15) is 11.8 Å². The highest BCUT2D eigenvalue weighted by molar-refractivity contribution is 5.79. The van der Waals surface area contributed by atoms with Crippen LogP contribution in [0, 0.1) is 6.92 Å². The van der Waals surface area contributed by atoms with Crippen LogP contribution in [0.2, 0.25) is 0 Å². The number of pyridine rings is 1. The molecule has 1 aliphatic heterocycles. The molecule has 1 atom stereocenters. The molecule has 0 bridgehead atoms. The largest absolute Gasteiger partial charge is 0.497 e. The van der Waals surface area contributed by atoms with Crippen LogP contribution in [0.4, 0.5) is 0 Å². The Morgan fingerprint density at radius 1 is 1.03 bits per heavy atom. The molecule has 1 N–H and O–H groups in total. The number of fused-ring (bicyclic) bond motifs is 2. The van der Waals surface area contributed by atoms with Gasteiger partial charge in [0.15, 0.2) is 5.82 Å². The molecule has 0 fully saturated rings. The highest BCUT2D eigenvalue weighted by Crippen LogP contribution is 2.32. The van der Waals surface area contributed by atoms with Crippen molar-refractivity contribution in [1.82, 2.24) is 30.1 Å². The molecule has 186 valence electrons. The lowest BCUT2D eigenvalue weighted by Crippen LogP contribution is -2.38. The molecule has 6 rings (SSSR count). The SMILES string of the molecule is COc1ccc(Cn2nnnc2[C@H](c2cc3ccc(C)cc3[nH]c2=O)N2CCc3ccccc3C2)cc1. The monoisotopic (exact) mass is 492 g/mol. The Labute approximate surface area is 214 Å². The fourth-order valence-electron chi connectivity index (χ4n) is 5.20. The molecule has 0 saturated heterocycles. The van der Waals surface area contributed by atoms with Gasteiger partial charge in [-0.25, -0.2) is 4.68 Å². The van der Waals surface area contributed by atoms with Gasteiger partial charge in [-0.1, -0.05) is 48.5 Å². The summed E-state index contributed by atoms with van der Waals surface area (Å²) in [6.07, 6.45) is 0.900. The van der Waals surface area contributed by atoms with Crippen molar-refractivity contribution in [3.63, 3.8) is 0 Å². The molecular formula is C29H28N6O2. The van der Waals surface area contributed by atoms with E-state index in [1.54, 1.807) is 11.8 Å². The van der Waals surface area contributed by atoms with Gasteiger partial charge in [-0.05, 0) is 75.7 Å².